The van der Waals surface area contributed by atoms with Crippen LogP contribution in [0.25, 0.3) is 0 Å². The van der Waals surface area contributed by atoms with Gasteiger partial charge in [0.2, 0.25) is 0 Å². The van der Waals surface area contributed by atoms with Crippen molar-refractivity contribution >= 4 is 22.9 Å². The van der Waals surface area contributed by atoms with Gasteiger partial charge in [0, 0.05) is 17.6 Å². The van der Waals surface area contributed by atoms with E-state index in [1.807, 2.05) is 6.20 Å². The minimum absolute atomic E-state index is 0.671. The van der Waals surface area contributed by atoms with Gasteiger partial charge in [-0.15, -0.1) is 11.3 Å². The maximum Gasteiger partial charge on any atom is 0.183 e. The molecule has 3 rings (SSSR count). The molecule has 0 radical (unpaired) electrons. The first-order valence-corrected chi connectivity index (χ1v) is 7.78. The van der Waals surface area contributed by atoms with Crippen LogP contribution in [0.15, 0.2) is 6.20 Å². The van der Waals surface area contributed by atoms with Crippen molar-refractivity contribution < 1.29 is 0 Å². The Labute approximate surface area is 112 Å². The third-order valence-corrected chi connectivity index (χ3v) is 5.59. The molecule has 2 fully saturated rings. The molecule has 1 aliphatic carbocycles. The van der Waals surface area contributed by atoms with Crippen molar-refractivity contribution in [3.8, 4) is 0 Å². The number of hydrogen-bond donors (Lipinski definition) is 0. The number of hydrogen-bond acceptors (Lipinski definition) is 3. The Hall–Kier alpha value is -0.120. The van der Waals surface area contributed by atoms with Crippen LogP contribution in [0.2, 0.25) is 4.47 Å². The highest BCUT2D eigenvalue weighted by Gasteiger charge is 2.36. The van der Waals surface area contributed by atoms with Crippen molar-refractivity contribution in [2.45, 2.75) is 45.1 Å². The van der Waals surface area contributed by atoms with Gasteiger partial charge < -0.3 is 0 Å². The predicted octanol–water partition coefficient (Wildman–Crippen LogP) is 3.95. The highest BCUT2D eigenvalue weighted by Crippen LogP contribution is 2.46. The average Bonchev–Trinajstić information content (AvgIpc) is 2.93. The number of likely N-dealkylation sites (tertiary alicyclic amines) is 1. The second kappa shape index (κ2) is 4.87. The SMILES string of the molecule is Clc1ncc(CN2CCC3(CCCC3)CC2)s1. The average molecular weight is 271 g/mol. The quantitative estimate of drug-likeness (QED) is 0.809. The van der Waals surface area contributed by atoms with Gasteiger partial charge in [0.1, 0.15) is 0 Å². The van der Waals surface area contributed by atoms with Crippen molar-refractivity contribution in [1.29, 1.82) is 0 Å². The Morgan fingerprint density at radius 3 is 2.53 bits per heavy atom. The van der Waals surface area contributed by atoms with Crippen molar-refractivity contribution in [1.82, 2.24) is 9.88 Å². The lowest BCUT2D eigenvalue weighted by Crippen LogP contribution is -2.38. The molecule has 0 N–H and O–H groups in total. The standard InChI is InChI=1S/C13H19ClN2S/c14-12-15-9-11(17-12)10-16-7-5-13(6-8-16)3-1-2-4-13/h9H,1-8,10H2. The van der Waals surface area contributed by atoms with Crippen molar-refractivity contribution in [2.75, 3.05) is 13.1 Å². The zero-order chi connectivity index (χ0) is 11.7. The van der Waals surface area contributed by atoms with E-state index in [2.05, 4.69) is 9.88 Å². The summed E-state index contributed by atoms with van der Waals surface area (Å²) in [6.45, 7) is 3.56. The molecule has 0 amide bonds. The molecular weight excluding hydrogens is 252 g/mol. The number of thiazole rings is 1. The van der Waals surface area contributed by atoms with Gasteiger partial charge in [-0.2, -0.15) is 0 Å². The van der Waals surface area contributed by atoms with E-state index in [4.69, 9.17) is 11.6 Å². The van der Waals surface area contributed by atoms with Gasteiger partial charge in [-0.25, -0.2) is 4.98 Å². The number of rotatable bonds is 2. The van der Waals surface area contributed by atoms with Gasteiger partial charge >= 0.3 is 0 Å². The normalized spacial score (nSPS) is 24.5. The van der Waals surface area contributed by atoms with Crippen LogP contribution in [0.1, 0.15) is 43.4 Å². The minimum atomic E-state index is 0.671. The number of aromatic nitrogens is 1. The molecule has 1 saturated heterocycles. The lowest BCUT2D eigenvalue weighted by atomic mass is 9.77. The lowest BCUT2D eigenvalue weighted by molar-refractivity contribution is 0.104. The number of piperidine rings is 1. The molecule has 0 unspecified atom stereocenters. The van der Waals surface area contributed by atoms with Crippen LogP contribution in [-0.2, 0) is 6.54 Å². The molecule has 94 valence electrons. The first-order chi connectivity index (χ1) is 8.26. The Morgan fingerprint density at radius 1 is 1.24 bits per heavy atom. The van der Waals surface area contributed by atoms with Crippen molar-refractivity contribution in [3.63, 3.8) is 0 Å². The molecule has 1 saturated carbocycles. The van der Waals surface area contributed by atoms with Gasteiger partial charge in [-0.05, 0) is 44.2 Å². The Morgan fingerprint density at radius 2 is 1.94 bits per heavy atom. The van der Waals surface area contributed by atoms with E-state index >= 15 is 0 Å². The van der Waals surface area contributed by atoms with E-state index < -0.39 is 0 Å². The summed E-state index contributed by atoms with van der Waals surface area (Å²) in [7, 11) is 0. The fraction of sp³-hybridized carbons (Fsp3) is 0.769. The summed E-state index contributed by atoms with van der Waals surface area (Å²) in [6.07, 6.45) is 10.6. The summed E-state index contributed by atoms with van der Waals surface area (Å²) in [5, 5.41) is 0. The van der Waals surface area contributed by atoms with Crippen LogP contribution in [0.5, 0.6) is 0 Å². The first-order valence-electron chi connectivity index (χ1n) is 6.58. The Kier molecular flexibility index (Phi) is 3.42. The van der Waals surface area contributed by atoms with E-state index in [1.54, 1.807) is 11.3 Å². The molecule has 17 heavy (non-hydrogen) atoms. The van der Waals surface area contributed by atoms with Crippen molar-refractivity contribution in [3.05, 3.63) is 15.5 Å². The third-order valence-electron chi connectivity index (χ3n) is 4.49. The molecule has 2 nitrogen and oxygen atoms in total. The molecule has 4 heteroatoms. The number of nitrogens with zero attached hydrogens (tertiary/aromatic N) is 2. The lowest BCUT2D eigenvalue weighted by Gasteiger charge is -2.39. The molecule has 1 spiro atoms. The summed E-state index contributed by atoms with van der Waals surface area (Å²) < 4.78 is 0.671. The van der Waals surface area contributed by atoms with E-state index in [0.717, 1.165) is 12.0 Å². The van der Waals surface area contributed by atoms with E-state index in [0.29, 0.717) is 4.47 Å². The van der Waals surface area contributed by atoms with Crippen LogP contribution in [0.4, 0.5) is 0 Å². The monoisotopic (exact) mass is 270 g/mol. The molecule has 2 aliphatic rings. The van der Waals surface area contributed by atoms with Gasteiger partial charge in [0.15, 0.2) is 4.47 Å². The molecule has 1 aliphatic heterocycles. The van der Waals surface area contributed by atoms with Gasteiger partial charge in [-0.3, -0.25) is 4.90 Å². The van der Waals surface area contributed by atoms with Crippen LogP contribution < -0.4 is 0 Å². The third kappa shape index (κ3) is 2.67. The smallest absolute Gasteiger partial charge is 0.183 e. The summed E-state index contributed by atoms with van der Waals surface area (Å²) >= 11 is 7.48. The fourth-order valence-electron chi connectivity index (χ4n) is 3.39. The summed E-state index contributed by atoms with van der Waals surface area (Å²) in [6, 6.07) is 0. The number of halogens is 1. The minimum Gasteiger partial charge on any atom is -0.298 e. The van der Waals surface area contributed by atoms with Gasteiger partial charge in [0.05, 0.1) is 0 Å². The van der Waals surface area contributed by atoms with E-state index in [1.165, 1.54) is 56.5 Å². The Balaban J connectivity index is 1.54. The molecule has 0 aromatic carbocycles. The molecule has 2 heterocycles. The largest absolute Gasteiger partial charge is 0.298 e. The highest BCUT2D eigenvalue weighted by atomic mass is 35.5. The maximum absolute atomic E-state index is 5.87. The van der Waals surface area contributed by atoms with E-state index in [-0.39, 0.29) is 0 Å². The van der Waals surface area contributed by atoms with Crippen molar-refractivity contribution in [2.24, 2.45) is 5.41 Å². The highest BCUT2D eigenvalue weighted by molar-refractivity contribution is 7.15. The second-order valence-electron chi connectivity index (χ2n) is 5.56. The van der Waals surface area contributed by atoms with Crippen LogP contribution >= 0.6 is 22.9 Å². The van der Waals surface area contributed by atoms with Crippen LogP contribution in [0.3, 0.4) is 0 Å². The molecular formula is C13H19ClN2S. The van der Waals surface area contributed by atoms with Crippen LogP contribution in [0, 0.1) is 5.41 Å². The van der Waals surface area contributed by atoms with Gasteiger partial charge in [-0.1, -0.05) is 24.4 Å². The summed E-state index contributed by atoms with van der Waals surface area (Å²) in [5.41, 5.74) is 0.724. The summed E-state index contributed by atoms with van der Waals surface area (Å²) in [5.74, 6) is 0. The van der Waals surface area contributed by atoms with Crippen LogP contribution in [-0.4, -0.2) is 23.0 Å². The molecule has 0 atom stereocenters. The first kappa shape index (κ1) is 11.9. The predicted molar refractivity (Wildman–Crippen MR) is 72.5 cm³/mol. The molecule has 1 aromatic heterocycles. The van der Waals surface area contributed by atoms with Gasteiger partial charge in [0.25, 0.3) is 0 Å². The molecule has 1 aromatic rings. The Bertz CT molecular complexity index is 375. The molecule has 0 bridgehead atoms. The second-order valence-corrected chi connectivity index (χ2v) is 7.26. The topological polar surface area (TPSA) is 16.1 Å². The maximum atomic E-state index is 5.87. The van der Waals surface area contributed by atoms with E-state index in [9.17, 15) is 0 Å². The summed E-state index contributed by atoms with van der Waals surface area (Å²) in [4.78, 5) is 7.98. The zero-order valence-electron chi connectivity index (χ0n) is 10.1. The zero-order valence-corrected chi connectivity index (χ0v) is 11.7. The fourth-order valence-corrected chi connectivity index (χ4v) is 4.41.